The zero-order valence-corrected chi connectivity index (χ0v) is 34.1. The molecule has 8 aromatic carbocycles. The van der Waals surface area contributed by atoms with E-state index < -0.39 is 0 Å². The number of furan rings is 1. The van der Waals surface area contributed by atoms with Gasteiger partial charge in [0.25, 0.3) is 0 Å². The van der Waals surface area contributed by atoms with E-state index in [1.807, 2.05) is 6.07 Å². The van der Waals surface area contributed by atoms with Crippen molar-refractivity contribution in [1.29, 1.82) is 0 Å². The van der Waals surface area contributed by atoms with Gasteiger partial charge in [-0.1, -0.05) is 198 Å². The average Bonchev–Trinajstić information content (AvgIpc) is 3.66. The third-order valence-corrected chi connectivity index (χ3v) is 12.3. The van der Waals surface area contributed by atoms with Gasteiger partial charge < -0.3 is 9.32 Å². The topological polar surface area (TPSA) is 16.4 Å². The van der Waals surface area contributed by atoms with Crippen molar-refractivity contribution in [2.45, 2.75) is 27.7 Å². The second-order valence-electron chi connectivity index (χ2n) is 17.0. The van der Waals surface area contributed by atoms with Crippen molar-refractivity contribution in [3.8, 4) is 33.4 Å². The third-order valence-electron chi connectivity index (χ3n) is 12.3. The minimum absolute atomic E-state index is 0.0463. The fourth-order valence-electron chi connectivity index (χ4n) is 9.63. The van der Waals surface area contributed by atoms with E-state index in [0.29, 0.717) is 5.92 Å². The first-order valence-corrected chi connectivity index (χ1v) is 20.8. The number of fused-ring (bicyclic) bond motifs is 4. The number of hydrogen-bond donors (Lipinski definition) is 0. The molecule has 1 heterocycles. The molecule has 1 aliphatic carbocycles. The average molecular weight is 762 g/mol. The molecule has 0 radical (unpaired) electrons. The monoisotopic (exact) mass is 761 g/mol. The third kappa shape index (κ3) is 6.46. The Bertz CT molecular complexity index is 3030. The van der Waals surface area contributed by atoms with Crippen LogP contribution in [0.2, 0.25) is 0 Å². The van der Waals surface area contributed by atoms with Crippen molar-refractivity contribution in [3.05, 3.63) is 211 Å². The Morgan fingerprint density at radius 2 is 1.03 bits per heavy atom. The molecule has 2 atom stereocenters. The van der Waals surface area contributed by atoms with Crippen molar-refractivity contribution >= 4 is 49.7 Å². The molecule has 0 spiro atoms. The van der Waals surface area contributed by atoms with E-state index >= 15 is 0 Å². The van der Waals surface area contributed by atoms with E-state index in [-0.39, 0.29) is 11.3 Å². The highest BCUT2D eigenvalue weighted by Crippen LogP contribution is 2.50. The van der Waals surface area contributed by atoms with Gasteiger partial charge in [0.2, 0.25) is 0 Å². The first kappa shape index (κ1) is 36.4. The number of benzene rings is 8. The van der Waals surface area contributed by atoms with E-state index in [4.69, 9.17) is 4.42 Å². The second-order valence-corrected chi connectivity index (χ2v) is 17.0. The first-order chi connectivity index (χ1) is 28.8. The molecule has 0 fully saturated rings. The molecular weight excluding hydrogens is 715 g/mol. The maximum atomic E-state index is 6.32. The van der Waals surface area contributed by atoms with Gasteiger partial charge in [-0.15, -0.1) is 0 Å². The van der Waals surface area contributed by atoms with Crippen LogP contribution in [0.25, 0.3) is 71.7 Å². The van der Waals surface area contributed by atoms with Crippen LogP contribution in [0.4, 0.5) is 11.4 Å². The van der Waals surface area contributed by atoms with E-state index in [2.05, 4.69) is 227 Å². The summed E-state index contributed by atoms with van der Waals surface area (Å²) in [6.07, 6.45) is 4.84. The molecule has 59 heavy (non-hydrogen) atoms. The van der Waals surface area contributed by atoms with Gasteiger partial charge in [-0.05, 0) is 85.8 Å². The van der Waals surface area contributed by atoms with Crippen LogP contribution < -0.4 is 4.90 Å². The summed E-state index contributed by atoms with van der Waals surface area (Å²) in [5, 5.41) is 4.76. The predicted molar refractivity (Wildman–Crippen MR) is 251 cm³/mol. The van der Waals surface area contributed by atoms with Gasteiger partial charge in [0.05, 0.1) is 5.69 Å². The smallest absolute Gasteiger partial charge is 0.136 e. The summed E-state index contributed by atoms with van der Waals surface area (Å²) in [4.78, 5) is 2.58. The molecule has 0 aliphatic heterocycles. The van der Waals surface area contributed by atoms with E-state index in [0.717, 1.165) is 38.9 Å². The maximum absolute atomic E-state index is 6.32. The number of allylic oxidation sites excluding steroid dienone is 4. The number of nitrogens with zero attached hydrogens (tertiary/aromatic N) is 1. The summed E-state index contributed by atoms with van der Waals surface area (Å²) >= 11 is 0. The van der Waals surface area contributed by atoms with Crippen LogP contribution in [0.3, 0.4) is 0 Å². The standard InChI is InChI=1S/C57H47NO/c1-38-50(57(2,3)4)37-36-46(40-20-9-6-10-21-40)56(38)58(43-34-32-41(33-35-43)45-27-17-31-53-55(45)49-25-12-14-30-52(49)59-53)51-29-13-11-24-47(51)48-28-16-23-42-22-15-26-44(54(42)48)39-18-7-5-8-19-39/h5-38,50H,1-4H3. The Morgan fingerprint density at radius 3 is 1.76 bits per heavy atom. The Labute approximate surface area is 347 Å². The molecule has 1 aromatic heterocycles. The molecule has 0 bridgehead atoms. The molecule has 0 saturated carbocycles. The maximum Gasteiger partial charge on any atom is 0.136 e. The van der Waals surface area contributed by atoms with Crippen LogP contribution >= 0.6 is 0 Å². The van der Waals surface area contributed by atoms with Crippen LogP contribution in [-0.4, -0.2) is 0 Å². The zero-order chi connectivity index (χ0) is 40.1. The minimum atomic E-state index is 0.0463. The largest absolute Gasteiger partial charge is 0.456 e. The van der Waals surface area contributed by atoms with Crippen LogP contribution in [0.15, 0.2) is 210 Å². The number of hydrogen-bond acceptors (Lipinski definition) is 2. The zero-order valence-electron chi connectivity index (χ0n) is 34.1. The summed E-state index contributed by atoms with van der Waals surface area (Å²) in [5.74, 6) is 0.509. The lowest BCUT2D eigenvalue weighted by Crippen LogP contribution is -2.34. The molecule has 9 aromatic rings. The molecule has 2 heteroatoms. The summed E-state index contributed by atoms with van der Waals surface area (Å²) in [5.41, 5.74) is 15.1. The molecule has 2 nitrogen and oxygen atoms in total. The lowest BCUT2D eigenvalue weighted by Gasteiger charge is -2.43. The summed E-state index contributed by atoms with van der Waals surface area (Å²) in [6, 6.07) is 68.1. The minimum Gasteiger partial charge on any atom is -0.456 e. The summed E-state index contributed by atoms with van der Waals surface area (Å²) in [6.45, 7) is 9.55. The lowest BCUT2D eigenvalue weighted by molar-refractivity contribution is 0.236. The molecule has 0 saturated heterocycles. The highest BCUT2D eigenvalue weighted by molar-refractivity contribution is 6.13. The quantitative estimate of drug-likeness (QED) is 0.161. The summed E-state index contributed by atoms with van der Waals surface area (Å²) < 4.78 is 6.32. The number of para-hydroxylation sites is 2. The van der Waals surface area contributed by atoms with E-state index in [1.54, 1.807) is 0 Å². The fourth-order valence-corrected chi connectivity index (χ4v) is 9.63. The molecule has 286 valence electrons. The van der Waals surface area contributed by atoms with Crippen molar-refractivity contribution in [2.24, 2.45) is 17.3 Å². The Kier molecular flexibility index (Phi) is 9.14. The van der Waals surface area contributed by atoms with Crippen LogP contribution in [0, 0.1) is 17.3 Å². The lowest BCUT2D eigenvalue weighted by atomic mass is 9.69. The molecular formula is C57H47NO. The molecule has 1 aliphatic rings. The van der Waals surface area contributed by atoms with Gasteiger partial charge in [0, 0.05) is 39.2 Å². The van der Waals surface area contributed by atoms with Gasteiger partial charge in [0.15, 0.2) is 0 Å². The molecule has 10 rings (SSSR count). The van der Waals surface area contributed by atoms with Crippen molar-refractivity contribution in [3.63, 3.8) is 0 Å². The molecule has 2 unspecified atom stereocenters. The SMILES string of the molecule is CC1C(N(c2ccc(-c3cccc4oc5ccccc5c34)cc2)c2ccccc2-c2cccc3cccc(-c4ccccc4)c23)=C(c2ccccc2)C=CC1C(C)(C)C. The van der Waals surface area contributed by atoms with Gasteiger partial charge in [0.1, 0.15) is 11.2 Å². The fraction of sp³-hybridized carbons (Fsp3) is 0.123. The normalized spacial score (nSPS) is 15.7. The van der Waals surface area contributed by atoms with Gasteiger partial charge in [-0.2, -0.15) is 0 Å². The number of anilines is 2. The van der Waals surface area contributed by atoms with Crippen molar-refractivity contribution in [2.75, 3.05) is 4.90 Å². The highest BCUT2D eigenvalue weighted by Gasteiger charge is 2.37. The van der Waals surface area contributed by atoms with E-state index in [9.17, 15) is 0 Å². The van der Waals surface area contributed by atoms with Crippen LogP contribution in [0.5, 0.6) is 0 Å². The highest BCUT2D eigenvalue weighted by atomic mass is 16.3. The predicted octanol–water partition coefficient (Wildman–Crippen LogP) is 16.2. The second kappa shape index (κ2) is 14.8. The van der Waals surface area contributed by atoms with Gasteiger partial charge in [-0.3, -0.25) is 0 Å². The Balaban J connectivity index is 1.23. The van der Waals surface area contributed by atoms with Crippen molar-refractivity contribution in [1.82, 2.24) is 0 Å². The van der Waals surface area contributed by atoms with Crippen LogP contribution in [-0.2, 0) is 0 Å². The Morgan fingerprint density at radius 1 is 0.475 bits per heavy atom. The van der Waals surface area contributed by atoms with Gasteiger partial charge >= 0.3 is 0 Å². The van der Waals surface area contributed by atoms with Crippen LogP contribution in [0.1, 0.15) is 33.3 Å². The van der Waals surface area contributed by atoms with Gasteiger partial charge in [-0.25, -0.2) is 0 Å². The van der Waals surface area contributed by atoms with Crippen molar-refractivity contribution < 1.29 is 4.42 Å². The molecule has 0 N–H and O–H groups in total. The number of rotatable bonds is 7. The first-order valence-electron chi connectivity index (χ1n) is 20.8. The van der Waals surface area contributed by atoms with E-state index in [1.165, 1.54) is 55.4 Å². The molecule has 0 amide bonds. The summed E-state index contributed by atoms with van der Waals surface area (Å²) in [7, 11) is 0. The Hall–Kier alpha value is -6.90.